The molecule has 0 saturated heterocycles. The minimum Gasteiger partial charge on any atom is -0.516 e. The summed E-state index contributed by atoms with van der Waals surface area (Å²) < 4.78 is 19.3. The average Bonchev–Trinajstić information content (AvgIpc) is 3.14. The molecule has 0 spiro atoms. The molecule has 28 heavy (non-hydrogen) atoms. The largest absolute Gasteiger partial charge is 0.516 e. The number of anilines is 1. The SMILES string of the molecule is CCc1ccc(F)cc1NCCC1CSC(CO/C(C)=C(C)/C=C\C=C\O)=N1. The molecule has 0 radical (unpaired) electrons. The fourth-order valence-corrected chi connectivity index (χ4v) is 3.73. The van der Waals surface area contributed by atoms with Crippen molar-refractivity contribution >= 4 is 22.5 Å². The van der Waals surface area contributed by atoms with Gasteiger partial charge in [0.05, 0.1) is 18.1 Å². The van der Waals surface area contributed by atoms with Crippen LogP contribution in [0.25, 0.3) is 0 Å². The van der Waals surface area contributed by atoms with Gasteiger partial charge in [0.25, 0.3) is 0 Å². The number of aliphatic imine (C=N–C) groups is 1. The molecule has 0 amide bonds. The average molecular weight is 405 g/mol. The van der Waals surface area contributed by atoms with E-state index in [4.69, 9.17) is 14.8 Å². The van der Waals surface area contributed by atoms with Gasteiger partial charge in [-0.15, -0.1) is 11.8 Å². The van der Waals surface area contributed by atoms with Gasteiger partial charge in [-0.2, -0.15) is 0 Å². The van der Waals surface area contributed by atoms with Gasteiger partial charge in [0.15, 0.2) is 0 Å². The molecule has 0 fully saturated rings. The molecule has 2 rings (SSSR count). The van der Waals surface area contributed by atoms with Gasteiger partial charge in [-0.25, -0.2) is 4.39 Å². The summed E-state index contributed by atoms with van der Waals surface area (Å²) in [6, 6.07) is 5.16. The lowest BCUT2D eigenvalue weighted by atomic mass is 10.1. The summed E-state index contributed by atoms with van der Waals surface area (Å²) in [4.78, 5) is 4.74. The third-order valence-electron chi connectivity index (χ3n) is 4.53. The second-order valence-corrected chi connectivity index (χ2v) is 7.68. The van der Waals surface area contributed by atoms with Gasteiger partial charge in [0.1, 0.15) is 17.5 Å². The minimum atomic E-state index is -0.213. The Hall–Kier alpha value is -2.21. The van der Waals surface area contributed by atoms with Crippen molar-refractivity contribution in [1.29, 1.82) is 0 Å². The van der Waals surface area contributed by atoms with Gasteiger partial charge in [-0.3, -0.25) is 4.99 Å². The molecule has 1 unspecified atom stereocenters. The number of aliphatic hydroxyl groups excluding tert-OH is 1. The monoisotopic (exact) mass is 404 g/mol. The Morgan fingerprint density at radius 2 is 2.21 bits per heavy atom. The Bertz CT molecular complexity index is 772. The Balaban J connectivity index is 1.79. The Morgan fingerprint density at radius 3 is 2.96 bits per heavy atom. The van der Waals surface area contributed by atoms with Crippen LogP contribution in [-0.4, -0.2) is 35.1 Å². The van der Waals surface area contributed by atoms with E-state index in [1.165, 1.54) is 6.07 Å². The van der Waals surface area contributed by atoms with Crippen LogP contribution in [0.4, 0.5) is 10.1 Å². The molecule has 152 valence electrons. The van der Waals surface area contributed by atoms with E-state index < -0.39 is 0 Å². The molecule has 1 aliphatic rings. The topological polar surface area (TPSA) is 53.8 Å². The first-order valence-electron chi connectivity index (χ1n) is 9.53. The number of hydrogen-bond donors (Lipinski definition) is 2. The number of ether oxygens (including phenoxy) is 1. The Kier molecular flexibility index (Phi) is 9.14. The first-order chi connectivity index (χ1) is 13.5. The summed E-state index contributed by atoms with van der Waals surface area (Å²) in [5, 5.41) is 13.0. The first-order valence-corrected chi connectivity index (χ1v) is 10.5. The first kappa shape index (κ1) is 22.1. The van der Waals surface area contributed by atoms with Crippen molar-refractivity contribution in [3.63, 3.8) is 0 Å². The van der Waals surface area contributed by atoms with Crippen molar-refractivity contribution < 1.29 is 14.2 Å². The Labute approximate surface area is 171 Å². The second-order valence-electron chi connectivity index (χ2n) is 6.59. The van der Waals surface area contributed by atoms with Gasteiger partial charge in [0.2, 0.25) is 0 Å². The molecule has 1 aliphatic heterocycles. The molecule has 0 bridgehead atoms. The number of aryl methyl sites for hydroxylation is 1. The summed E-state index contributed by atoms with van der Waals surface area (Å²) in [7, 11) is 0. The number of rotatable bonds is 10. The number of nitrogens with zero attached hydrogens (tertiary/aromatic N) is 1. The third kappa shape index (κ3) is 7.08. The molecule has 1 heterocycles. The van der Waals surface area contributed by atoms with Crippen molar-refractivity contribution in [1.82, 2.24) is 0 Å². The smallest absolute Gasteiger partial charge is 0.135 e. The van der Waals surface area contributed by atoms with E-state index in [-0.39, 0.29) is 11.9 Å². The third-order valence-corrected chi connectivity index (χ3v) is 5.63. The molecule has 1 atom stereocenters. The molecule has 6 heteroatoms. The fraction of sp³-hybridized carbons (Fsp3) is 0.409. The molecular formula is C22H29FN2O2S. The minimum absolute atomic E-state index is 0.213. The van der Waals surface area contributed by atoms with Crippen LogP contribution in [0.15, 0.2) is 59.0 Å². The number of halogens is 1. The van der Waals surface area contributed by atoms with E-state index in [1.54, 1.807) is 30.0 Å². The van der Waals surface area contributed by atoms with Gasteiger partial charge >= 0.3 is 0 Å². The van der Waals surface area contributed by atoms with E-state index in [0.29, 0.717) is 6.61 Å². The van der Waals surface area contributed by atoms with Crippen LogP contribution in [0.2, 0.25) is 0 Å². The lowest BCUT2D eigenvalue weighted by Crippen LogP contribution is -2.13. The molecule has 4 nitrogen and oxygen atoms in total. The highest BCUT2D eigenvalue weighted by atomic mass is 32.2. The summed E-state index contributed by atoms with van der Waals surface area (Å²) in [6.07, 6.45) is 7.97. The van der Waals surface area contributed by atoms with Crippen LogP contribution in [-0.2, 0) is 11.2 Å². The zero-order chi connectivity index (χ0) is 20.4. The van der Waals surface area contributed by atoms with Crippen LogP contribution in [0, 0.1) is 5.82 Å². The highest BCUT2D eigenvalue weighted by molar-refractivity contribution is 8.14. The zero-order valence-electron chi connectivity index (χ0n) is 16.7. The van der Waals surface area contributed by atoms with Crippen molar-refractivity contribution in [2.24, 2.45) is 4.99 Å². The fourth-order valence-electron chi connectivity index (χ4n) is 2.74. The van der Waals surface area contributed by atoms with E-state index in [0.717, 1.165) is 59.0 Å². The van der Waals surface area contributed by atoms with Gasteiger partial charge in [0, 0.05) is 18.0 Å². The summed E-state index contributed by atoms with van der Waals surface area (Å²) in [5.74, 6) is 1.58. The lowest BCUT2D eigenvalue weighted by molar-refractivity contribution is 0.260. The number of nitrogens with one attached hydrogen (secondary N) is 1. The molecule has 0 aromatic heterocycles. The molecule has 1 aromatic carbocycles. The molecule has 0 aliphatic carbocycles. The quantitative estimate of drug-likeness (QED) is 0.391. The highest BCUT2D eigenvalue weighted by Crippen LogP contribution is 2.23. The van der Waals surface area contributed by atoms with E-state index in [1.807, 2.05) is 26.0 Å². The normalized spacial score (nSPS) is 17.9. The van der Waals surface area contributed by atoms with Crippen LogP contribution in [0.5, 0.6) is 0 Å². The maximum Gasteiger partial charge on any atom is 0.135 e. The lowest BCUT2D eigenvalue weighted by Gasteiger charge is -2.12. The Morgan fingerprint density at radius 1 is 1.39 bits per heavy atom. The van der Waals surface area contributed by atoms with E-state index in [9.17, 15) is 4.39 Å². The zero-order valence-corrected chi connectivity index (χ0v) is 17.6. The van der Waals surface area contributed by atoms with Crippen LogP contribution in [0.1, 0.15) is 32.8 Å². The van der Waals surface area contributed by atoms with E-state index >= 15 is 0 Å². The van der Waals surface area contributed by atoms with Crippen molar-refractivity contribution in [3.8, 4) is 0 Å². The molecular weight excluding hydrogens is 375 g/mol. The molecule has 2 N–H and O–H groups in total. The van der Waals surface area contributed by atoms with Crippen molar-refractivity contribution in [2.75, 3.05) is 24.2 Å². The summed E-state index contributed by atoms with van der Waals surface area (Å²) in [5.41, 5.74) is 3.01. The van der Waals surface area contributed by atoms with E-state index in [2.05, 4.69) is 12.2 Å². The number of thioether (sulfide) groups is 1. The predicted molar refractivity (Wildman–Crippen MR) is 118 cm³/mol. The number of allylic oxidation sites excluding steroid dienone is 5. The number of benzene rings is 1. The number of hydrogen-bond acceptors (Lipinski definition) is 5. The second kappa shape index (κ2) is 11.6. The van der Waals surface area contributed by atoms with Crippen LogP contribution >= 0.6 is 11.8 Å². The van der Waals surface area contributed by atoms with Crippen molar-refractivity contribution in [2.45, 2.75) is 39.7 Å². The summed E-state index contributed by atoms with van der Waals surface area (Å²) in [6.45, 7) is 7.20. The van der Waals surface area contributed by atoms with Crippen molar-refractivity contribution in [3.05, 3.63) is 65.4 Å². The van der Waals surface area contributed by atoms with Gasteiger partial charge in [-0.1, -0.05) is 25.1 Å². The standard InChI is InChI=1S/C22H29FN2O2S/c1-4-18-8-9-19(23)13-21(18)24-11-10-20-15-28-22(25-20)14-27-17(3)16(2)7-5-6-12-26/h5-9,12-13,20,24,26H,4,10-11,14-15H2,1-3H3/b7-5-,12-6+,17-16+. The highest BCUT2D eigenvalue weighted by Gasteiger charge is 2.18. The van der Waals surface area contributed by atoms with Crippen LogP contribution < -0.4 is 5.32 Å². The maximum absolute atomic E-state index is 13.5. The number of aliphatic hydroxyl groups is 1. The summed E-state index contributed by atoms with van der Waals surface area (Å²) >= 11 is 1.73. The maximum atomic E-state index is 13.5. The molecule has 1 aromatic rings. The predicted octanol–water partition coefficient (Wildman–Crippen LogP) is 5.64. The molecule has 0 saturated carbocycles. The van der Waals surface area contributed by atoms with Crippen LogP contribution in [0.3, 0.4) is 0 Å². The van der Waals surface area contributed by atoms with Gasteiger partial charge < -0.3 is 15.2 Å². The van der Waals surface area contributed by atoms with Gasteiger partial charge in [-0.05, 0) is 56.0 Å².